The second kappa shape index (κ2) is 3.79. The van der Waals surface area contributed by atoms with Crippen LogP contribution in [0.3, 0.4) is 0 Å². The van der Waals surface area contributed by atoms with Gasteiger partial charge in [-0.25, -0.2) is 0 Å². The Labute approximate surface area is 85.7 Å². The average Bonchev–Trinajstić information content (AvgIpc) is 2.03. The maximum atomic E-state index is 2.69. The molecule has 0 aromatic heterocycles. The summed E-state index contributed by atoms with van der Waals surface area (Å²) >= 11 is 1.95. The largest absolute Gasteiger partial charge is 0.292 e. The standard InChI is InChI=1S/C10H20N2S/c1-8(2)12-9-4-10(12)6-11(5-9)7-13-3/h8-10H,4-7H2,1-3H3. The summed E-state index contributed by atoms with van der Waals surface area (Å²) in [4.78, 5) is 5.29. The molecule has 0 spiro atoms. The third-order valence-corrected chi connectivity index (χ3v) is 3.86. The molecule has 2 bridgehead atoms. The van der Waals surface area contributed by atoms with Crippen molar-refractivity contribution in [1.82, 2.24) is 9.80 Å². The first-order valence-electron chi connectivity index (χ1n) is 5.21. The molecule has 2 nitrogen and oxygen atoms in total. The lowest BCUT2D eigenvalue weighted by atomic mass is 9.86. The van der Waals surface area contributed by atoms with E-state index in [1.807, 2.05) is 11.8 Å². The fourth-order valence-electron chi connectivity index (χ4n) is 2.86. The first-order chi connectivity index (χ1) is 6.22. The van der Waals surface area contributed by atoms with E-state index in [2.05, 4.69) is 29.9 Å². The molecule has 3 fully saturated rings. The van der Waals surface area contributed by atoms with Gasteiger partial charge in [-0.3, -0.25) is 9.80 Å². The monoisotopic (exact) mass is 200 g/mol. The molecule has 3 heterocycles. The Kier molecular flexibility index (Phi) is 2.86. The van der Waals surface area contributed by atoms with Crippen molar-refractivity contribution >= 4 is 11.8 Å². The zero-order valence-electron chi connectivity index (χ0n) is 8.86. The highest BCUT2D eigenvalue weighted by atomic mass is 32.2. The second-order valence-electron chi connectivity index (χ2n) is 4.54. The second-order valence-corrected chi connectivity index (χ2v) is 5.37. The van der Waals surface area contributed by atoms with Crippen LogP contribution in [0.25, 0.3) is 0 Å². The fourth-order valence-corrected chi connectivity index (χ4v) is 3.43. The van der Waals surface area contributed by atoms with Gasteiger partial charge in [0.25, 0.3) is 0 Å². The van der Waals surface area contributed by atoms with Crippen LogP contribution >= 0.6 is 11.8 Å². The van der Waals surface area contributed by atoms with Crippen molar-refractivity contribution in [3.8, 4) is 0 Å². The van der Waals surface area contributed by atoms with Crippen LogP contribution in [0.2, 0.25) is 0 Å². The molecule has 0 saturated carbocycles. The van der Waals surface area contributed by atoms with Crippen LogP contribution < -0.4 is 0 Å². The van der Waals surface area contributed by atoms with Crippen molar-refractivity contribution in [1.29, 1.82) is 0 Å². The van der Waals surface area contributed by atoms with E-state index in [-0.39, 0.29) is 0 Å². The predicted molar refractivity (Wildman–Crippen MR) is 59.1 cm³/mol. The van der Waals surface area contributed by atoms with Crippen molar-refractivity contribution in [2.75, 3.05) is 25.2 Å². The van der Waals surface area contributed by atoms with Gasteiger partial charge in [0.2, 0.25) is 0 Å². The first kappa shape index (κ1) is 9.81. The molecule has 0 radical (unpaired) electrons. The van der Waals surface area contributed by atoms with Crippen molar-refractivity contribution in [3.05, 3.63) is 0 Å². The van der Waals surface area contributed by atoms with Crippen LogP contribution in [0.15, 0.2) is 0 Å². The molecule has 0 N–H and O–H groups in total. The quantitative estimate of drug-likeness (QED) is 0.681. The van der Waals surface area contributed by atoms with E-state index in [0.29, 0.717) is 0 Å². The normalized spacial score (nSPS) is 35.1. The summed E-state index contributed by atoms with van der Waals surface area (Å²) in [5, 5.41) is 0. The smallest absolute Gasteiger partial charge is 0.0442 e. The Morgan fingerprint density at radius 2 is 1.92 bits per heavy atom. The third-order valence-electron chi connectivity index (χ3n) is 3.23. The minimum atomic E-state index is 0.750. The number of rotatable bonds is 3. The molecule has 2 atom stereocenters. The summed E-state index contributed by atoms with van der Waals surface area (Å²) in [6.45, 7) is 7.25. The molecule has 3 saturated heterocycles. The van der Waals surface area contributed by atoms with Crippen molar-refractivity contribution in [2.45, 2.75) is 38.4 Å². The molecule has 76 valence electrons. The summed E-state index contributed by atoms with van der Waals surface area (Å²) in [5.74, 6) is 1.22. The zero-order valence-corrected chi connectivity index (χ0v) is 9.68. The van der Waals surface area contributed by atoms with E-state index in [1.54, 1.807) is 0 Å². The minimum absolute atomic E-state index is 0.750. The van der Waals surface area contributed by atoms with Crippen LogP contribution in [0.1, 0.15) is 20.3 Å². The molecule has 3 rings (SSSR count). The average molecular weight is 200 g/mol. The zero-order chi connectivity index (χ0) is 9.42. The van der Waals surface area contributed by atoms with Crippen molar-refractivity contribution in [3.63, 3.8) is 0 Å². The molecule has 3 aliphatic rings. The van der Waals surface area contributed by atoms with E-state index in [4.69, 9.17) is 0 Å². The number of piperazine rings is 1. The van der Waals surface area contributed by atoms with Crippen molar-refractivity contribution in [2.24, 2.45) is 0 Å². The summed E-state index contributed by atoms with van der Waals surface area (Å²) in [6.07, 6.45) is 3.64. The van der Waals surface area contributed by atoms with Gasteiger partial charge in [-0.05, 0) is 26.5 Å². The lowest BCUT2D eigenvalue weighted by Gasteiger charge is -2.58. The topological polar surface area (TPSA) is 6.48 Å². The molecule has 3 heteroatoms. The van der Waals surface area contributed by atoms with Gasteiger partial charge in [0.1, 0.15) is 0 Å². The van der Waals surface area contributed by atoms with E-state index < -0.39 is 0 Å². The molecule has 0 aromatic rings. The van der Waals surface area contributed by atoms with Gasteiger partial charge in [0.15, 0.2) is 0 Å². The van der Waals surface area contributed by atoms with Gasteiger partial charge in [0, 0.05) is 37.1 Å². The summed E-state index contributed by atoms with van der Waals surface area (Å²) in [7, 11) is 0. The van der Waals surface area contributed by atoms with Gasteiger partial charge in [0.05, 0.1) is 0 Å². The lowest BCUT2D eigenvalue weighted by Crippen LogP contribution is -2.70. The number of fused-ring (bicyclic) bond motifs is 2. The first-order valence-corrected chi connectivity index (χ1v) is 6.60. The van der Waals surface area contributed by atoms with E-state index in [0.717, 1.165) is 18.1 Å². The number of hydrogen-bond donors (Lipinski definition) is 0. The molecular weight excluding hydrogens is 180 g/mol. The van der Waals surface area contributed by atoms with Gasteiger partial charge in [-0.1, -0.05) is 0 Å². The predicted octanol–water partition coefficient (Wildman–Crippen LogP) is 1.47. The third kappa shape index (κ3) is 1.74. The van der Waals surface area contributed by atoms with Crippen molar-refractivity contribution < 1.29 is 0 Å². The summed E-state index contributed by atoms with van der Waals surface area (Å²) in [5.41, 5.74) is 0. The molecule has 2 unspecified atom stereocenters. The molecule has 3 aliphatic heterocycles. The van der Waals surface area contributed by atoms with Gasteiger partial charge in [-0.2, -0.15) is 0 Å². The number of piperidine rings is 1. The summed E-state index contributed by atoms with van der Waals surface area (Å²) < 4.78 is 0. The minimum Gasteiger partial charge on any atom is -0.292 e. The van der Waals surface area contributed by atoms with Gasteiger partial charge >= 0.3 is 0 Å². The van der Waals surface area contributed by atoms with Crippen LogP contribution in [0.5, 0.6) is 0 Å². The van der Waals surface area contributed by atoms with E-state index in [9.17, 15) is 0 Å². The van der Waals surface area contributed by atoms with Gasteiger partial charge in [-0.15, -0.1) is 11.8 Å². The van der Waals surface area contributed by atoms with Crippen LogP contribution in [-0.4, -0.2) is 53.1 Å². The maximum Gasteiger partial charge on any atom is 0.0442 e. The van der Waals surface area contributed by atoms with Crippen LogP contribution in [-0.2, 0) is 0 Å². The lowest BCUT2D eigenvalue weighted by molar-refractivity contribution is -0.0822. The molecule has 0 aromatic carbocycles. The molecule has 0 aliphatic carbocycles. The van der Waals surface area contributed by atoms with Crippen LogP contribution in [0.4, 0.5) is 0 Å². The SMILES string of the molecule is CSCN1CC2CC(C1)N2C(C)C. The molecule has 13 heavy (non-hydrogen) atoms. The van der Waals surface area contributed by atoms with Crippen LogP contribution in [0, 0.1) is 0 Å². The Morgan fingerprint density at radius 3 is 2.38 bits per heavy atom. The molecule has 0 amide bonds. The number of thioether (sulfide) groups is 1. The Balaban J connectivity index is 1.87. The summed E-state index contributed by atoms with van der Waals surface area (Å²) in [6, 6.07) is 2.48. The maximum absolute atomic E-state index is 2.69. The van der Waals surface area contributed by atoms with Gasteiger partial charge < -0.3 is 0 Å². The Bertz CT molecular complexity index is 172. The highest BCUT2D eigenvalue weighted by molar-refractivity contribution is 7.98. The molecular formula is C10H20N2S. The fraction of sp³-hybridized carbons (Fsp3) is 1.00. The van der Waals surface area contributed by atoms with E-state index in [1.165, 1.54) is 25.4 Å². The highest BCUT2D eigenvalue weighted by Gasteiger charge is 2.45. The Hall–Kier alpha value is 0.270. The van der Waals surface area contributed by atoms with E-state index >= 15 is 0 Å². The Morgan fingerprint density at radius 1 is 1.31 bits per heavy atom. The number of nitrogens with zero attached hydrogens (tertiary/aromatic N) is 2. The highest BCUT2D eigenvalue weighted by Crippen LogP contribution is 2.34. The number of hydrogen-bond acceptors (Lipinski definition) is 3.